The van der Waals surface area contributed by atoms with Crippen LogP contribution in [0.2, 0.25) is 12.1 Å². The fourth-order valence-corrected chi connectivity index (χ4v) is 15.3. The summed E-state index contributed by atoms with van der Waals surface area (Å²) in [7, 11) is -5.31. The van der Waals surface area contributed by atoms with Crippen molar-refractivity contribution in [3.8, 4) is 0 Å². The molecule has 14 heteroatoms. The van der Waals surface area contributed by atoms with Gasteiger partial charge < -0.3 is 36.0 Å². The number of ether oxygens (including phenoxy) is 2. The number of thioether (sulfide) groups is 2. The van der Waals surface area contributed by atoms with Crippen LogP contribution in [-0.4, -0.2) is 104 Å². The predicted octanol–water partition coefficient (Wildman–Crippen LogP) is 7.53. The average molecular weight is 755 g/mol. The van der Waals surface area contributed by atoms with Gasteiger partial charge in [-0.2, -0.15) is 23.5 Å². The summed E-state index contributed by atoms with van der Waals surface area (Å²) < 4.78 is 47.3. The van der Waals surface area contributed by atoms with Crippen LogP contribution in [-0.2, 0) is 45.6 Å². The molecule has 0 spiro atoms. The van der Waals surface area contributed by atoms with Crippen LogP contribution < -0.4 is 0 Å². The molecule has 282 valence electrons. The first kappa shape index (κ1) is 44.0. The van der Waals surface area contributed by atoms with Crippen molar-refractivity contribution in [2.45, 2.75) is 128 Å². The Balaban J connectivity index is 1.76. The summed E-state index contributed by atoms with van der Waals surface area (Å²) >= 11 is 3.71. The van der Waals surface area contributed by atoms with E-state index in [0.29, 0.717) is 39.6 Å². The highest BCUT2D eigenvalue weighted by Gasteiger charge is 2.41. The van der Waals surface area contributed by atoms with E-state index in [1.54, 1.807) is 0 Å². The van der Waals surface area contributed by atoms with Gasteiger partial charge in [-0.25, -0.2) is 0 Å². The second-order valence-electron chi connectivity index (χ2n) is 12.1. The lowest BCUT2D eigenvalue weighted by Crippen LogP contribution is -2.46. The predicted molar refractivity (Wildman–Crippen MR) is 198 cm³/mol. The molecule has 2 rings (SSSR count). The first-order chi connectivity index (χ1) is 23.3. The van der Waals surface area contributed by atoms with E-state index >= 15 is 0 Å². The van der Waals surface area contributed by atoms with Gasteiger partial charge in [0.1, 0.15) is 13.2 Å². The van der Waals surface area contributed by atoms with Crippen molar-refractivity contribution in [2.24, 2.45) is 11.8 Å². The summed E-state index contributed by atoms with van der Waals surface area (Å²) in [4.78, 5) is 26.3. The number of esters is 2. The molecule has 2 fully saturated rings. The van der Waals surface area contributed by atoms with Gasteiger partial charge in [-0.3, -0.25) is 9.59 Å². The first-order valence-electron chi connectivity index (χ1n) is 18.7. The number of carbonyl (C=O) groups is 2. The Morgan fingerprint density at radius 2 is 0.833 bits per heavy atom. The van der Waals surface area contributed by atoms with E-state index in [4.69, 9.17) is 36.0 Å². The Morgan fingerprint density at radius 3 is 1.15 bits per heavy atom. The largest absolute Gasteiger partial charge is 0.500 e. The van der Waals surface area contributed by atoms with Crippen molar-refractivity contribution in [2.75, 3.05) is 64.4 Å². The van der Waals surface area contributed by atoms with Crippen LogP contribution in [0.1, 0.15) is 106 Å². The second kappa shape index (κ2) is 25.7. The quantitative estimate of drug-likeness (QED) is 0.0470. The fraction of sp³-hybridized carbons (Fsp3) is 0.941. The maximum absolute atomic E-state index is 13.1. The maximum atomic E-state index is 13.1. The molecule has 4 unspecified atom stereocenters. The van der Waals surface area contributed by atoms with E-state index in [1.165, 1.54) is 0 Å². The van der Waals surface area contributed by atoms with Crippen molar-refractivity contribution >= 4 is 53.1 Å². The van der Waals surface area contributed by atoms with Crippen molar-refractivity contribution in [3.05, 3.63) is 0 Å². The number of hydrogen-bond acceptors (Lipinski definition) is 12. The summed E-state index contributed by atoms with van der Waals surface area (Å²) in [6.07, 6.45) is 9.87. The number of hydrogen-bond donors (Lipinski definition) is 0. The molecule has 2 aliphatic carbocycles. The molecule has 0 aromatic rings. The summed E-state index contributed by atoms with van der Waals surface area (Å²) in [6, 6.07) is 1.56. The molecule has 0 radical (unpaired) electrons. The zero-order valence-electron chi connectivity index (χ0n) is 30.8. The second-order valence-corrected chi connectivity index (χ2v) is 20.3. The summed E-state index contributed by atoms with van der Waals surface area (Å²) in [5.74, 6) is 1.26. The smallest absolute Gasteiger partial charge is 0.462 e. The molecule has 2 saturated carbocycles. The molecular formula is C34H66O10S2Si2. The van der Waals surface area contributed by atoms with Crippen LogP contribution in [0.15, 0.2) is 0 Å². The van der Waals surface area contributed by atoms with E-state index in [0.717, 1.165) is 87.8 Å². The van der Waals surface area contributed by atoms with Gasteiger partial charge in [0, 0.05) is 62.2 Å². The van der Waals surface area contributed by atoms with Gasteiger partial charge in [-0.05, 0) is 91.6 Å². The lowest BCUT2D eigenvalue weighted by molar-refractivity contribution is -0.158. The van der Waals surface area contributed by atoms with Gasteiger partial charge in [-0.1, -0.05) is 25.7 Å². The third-order valence-corrected chi connectivity index (χ3v) is 18.0. The molecule has 0 aromatic carbocycles. The Labute approximate surface area is 302 Å². The zero-order chi connectivity index (χ0) is 35.1. The van der Waals surface area contributed by atoms with Crippen LogP contribution in [0.4, 0.5) is 0 Å². The van der Waals surface area contributed by atoms with E-state index < -0.39 is 17.6 Å². The third kappa shape index (κ3) is 15.6. The molecule has 0 bridgehead atoms. The number of rotatable bonds is 27. The Hall–Kier alpha value is -0.166. The van der Waals surface area contributed by atoms with Crippen molar-refractivity contribution in [1.29, 1.82) is 0 Å². The van der Waals surface area contributed by atoms with E-state index in [9.17, 15) is 9.59 Å². The normalized spacial score (nSPS) is 22.0. The van der Waals surface area contributed by atoms with E-state index in [2.05, 4.69) is 0 Å². The molecule has 48 heavy (non-hydrogen) atoms. The highest BCUT2D eigenvalue weighted by molar-refractivity contribution is 8.00. The summed E-state index contributed by atoms with van der Waals surface area (Å²) in [5, 5.41) is 0.471. The summed E-state index contributed by atoms with van der Waals surface area (Å²) in [5.41, 5.74) is 0. The lowest BCUT2D eigenvalue weighted by Gasteiger charge is -2.31. The van der Waals surface area contributed by atoms with Crippen molar-refractivity contribution in [1.82, 2.24) is 0 Å². The molecule has 0 aromatic heterocycles. The average Bonchev–Trinajstić information content (AvgIpc) is 3.08. The van der Waals surface area contributed by atoms with Gasteiger partial charge in [-0.15, -0.1) is 0 Å². The molecular weight excluding hydrogens is 689 g/mol. The van der Waals surface area contributed by atoms with Gasteiger partial charge in [0.15, 0.2) is 0 Å². The Kier molecular flexibility index (Phi) is 23.6. The van der Waals surface area contributed by atoms with Crippen LogP contribution >= 0.6 is 23.5 Å². The standard InChI is InChI=1S/C34H66O10S2Si2/c1-7-39-47(40-8-2,41-9-3)27-17-25-45-31-21-15-13-19-29(31)33(35)37-23-24-38-34(36)30-20-14-16-22-32(30)46-26-18-28-48(42-10-4,43-11-5)44-12-6/h29-32H,7-28H2,1-6H3. The van der Waals surface area contributed by atoms with E-state index in [1.807, 2.05) is 65.1 Å². The SMILES string of the molecule is CCO[Si](CCCSC1CCCCC1C(=O)OCCOC(=O)C1CCCCC1SCCC[Si](OCC)(OCC)OCC)(OCC)OCC. The Bertz CT molecular complexity index is 772. The van der Waals surface area contributed by atoms with Crippen LogP contribution in [0, 0.1) is 11.8 Å². The highest BCUT2D eigenvalue weighted by Crippen LogP contribution is 2.37. The number of carbonyl (C=O) groups excluding carboxylic acids is 2. The highest BCUT2D eigenvalue weighted by atomic mass is 32.2. The van der Waals surface area contributed by atoms with Gasteiger partial charge in [0.05, 0.1) is 11.8 Å². The molecule has 0 aliphatic heterocycles. The Morgan fingerprint density at radius 1 is 0.521 bits per heavy atom. The zero-order valence-corrected chi connectivity index (χ0v) is 34.4. The minimum Gasteiger partial charge on any atom is -0.462 e. The fourth-order valence-electron chi connectivity index (χ4n) is 6.68. The molecule has 0 heterocycles. The molecule has 10 nitrogen and oxygen atoms in total. The van der Waals surface area contributed by atoms with Crippen LogP contribution in [0.25, 0.3) is 0 Å². The van der Waals surface area contributed by atoms with Gasteiger partial charge in [0.2, 0.25) is 0 Å². The summed E-state index contributed by atoms with van der Waals surface area (Å²) in [6.45, 7) is 15.5. The molecule has 0 amide bonds. The minimum absolute atomic E-state index is 0.104. The molecule has 2 aliphatic rings. The van der Waals surface area contributed by atoms with Gasteiger partial charge >= 0.3 is 29.5 Å². The molecule has 4 atom stereocenters. The van der Waals surface area contributed by atoms with E-state index in [-0.39, 0.29) is 47.5 Å². The van der Waals surface area contributed by atoms with Crippen molar-refractivity contribution in [3.63, 3.8) is 0 Å². The molecule has 0 saturated heterocycles. The third-order valence-electron chi connectivity index (χ3n) is 8.69. The lowest BCUT2D eigenvalue weighted by atomic mass is 9.89. The maximum Gasteiger partial charge on any atom is 0.500 e. The van der Waals surface area contributed by atoms with Crippen LogP contribution in [0.3, 0.4) is 0 Å². The van der Waals surface area contributed by atoms with Crippen molar-refractivity contribution < 1.29 is 45.6 Å². The minimum atomic E-state index is -2.65. The van der Waals surface area contributed by atoms with Gasteiger partial charge in [0.25, 0.3) is 0 Å². The topological polar surface area (TPSA) is 108 Å². The molecule has 0 N–H and O–H groups in total. The van der Waals surface area contributed by atoms with Crippen LogP contribution in [0.5, 0.6) is 0 Å². The first-order valence-corrected chi connectivity index (χ1v) is 24.7. The monoisotopic (exact) mass is 754 g/mol.